The molecule has 0 spiro atoms. The van der Waals surface area contributed by atoms with Gasteiger partial charge in [0, 0.05) is 12.6 Å². The highest BCUT2D eigenvalue weighted by Crippen LogP contribution is 2.29. The van der Waals surface area contributed by atoms with E-state index in [9.17, 15) is 0 Å². The molecule has 90 valence electrons. The molecule has 1 aliphatic carbocycles. The molecule has 2 nitrogen and oxygen atoms in total. The molecule has 0 aromatic rings. The predicted molar refractivity (Wildman–Crippen MR) is 65.1 cm³/mol. The molecule has 1 aliphatic rings. The zero-order valence-corrected chi connectivity index (χ0v) is 10.6. The molecule has 15 heavy (non-hydrogen) atoms. The summed E-state index contributed by atoms with van der Waals surface area (Å²) in [6.07, 6.45) is 7.24. The maximum absolute atomic E-state index is 5.64. The van der Waals surface area contributed by atoms with E-state index in [1.54, 1.807) is 0 Å². The summed E-state index contributed by atoms with van der Waals surface area (Å²) in [4.78, 5) is 0. The van der Waals surface area contributed by atoms with Gasteiger partial charge in [0.15, 0.2) is 0 Å². The zero-order chi connectivity index (χ0) is 11.1. The van der Waals surface area contributed by atoms with Crippen molar-refractivity contribution in [2.75, 3.05) is 13.2 Å². The summed E-state index contributed by atoms with van der Waals surface area (Å²) < 4.78 is 5.64. The van der Waals surface area contributed by atoms with Crippen LogP contribution in [0.2, 0.25) is 0 Å². The predicted octanol–water partition coefficient (Wildman–Crippen LogP) is 2.97. The Morgan fingerprint density at radius 1 is 1.27 bits per heavy atom. The van der Waals surface area contributed by atoms with E-state index in [1.165, 1.54) is 32.1 Å². The molecule has 1 unspecified atom stereocenters. The Bertz CT molecular complexity index is 153. The van der Waals surface area contributed by atoms with Gasteiger partial charge in [-0.15, -0.1) is 0 Å². The maximum Gasteiger partial charge on any atom is 0.0518 e. The van der Waals surface area contributed by atoms with Gasteiger partial charge in [0.05, 0.1) is 6.10 Å². The number of rotatable bonds is 7. The van der Waals surface area contributed by atoms with Crippen LogP contribution in [-0.4, -0.2) is 25.3 Å². The van der Waals surface area contributed by atoms with E-state index in [2.05, 4.69) is 26.1 Å². The molecule has 0 amide bonds. The molecule has 0 aromatic carbocycles. The van der Waals surface area contributed by atoms with Crippen LogP contribution in [0.1, 0.15) is 52.9 Å². The van der Waals surface area contributed by atoms with Crippen molar-refractivity contribution >= 4 is 0 Å². The summed E-state index contributed by atoms with van der Waals surface area (Å²) in [7, 11) is 0. The van der Waals surface area contributed by atoms with Gasteiger partial charge in [0.1, 0.15) is 0 Å². The molecule has 1 rings (SSSR count). The normalized spacial score (nSPS) is 20.0. The molecule has 1 saturated carbocycles. The van der Waals surface area contributed by atoms with Gasteiger partial charge in [-0.2, -0.15) is 0 Å². The van der Waals surface area contributed by atoms with Gasteiger partial charge in [0.25, 0.3) is 0 Å². The molecule has 1 atom stereocenters. The second-order valence-electron chi connectivity index (χ2n) is 4.92. The fraction of sp³-hybridized carbons (Fsp3) is 1.00. The smallest absolute Gasteiger partial charge is 0.0518 e. The van der Waals surface area contributed by atoms with Crippen molar-refractivity contribution in [1.82, 2.24) is 5.32 Å². The van der Waals surface area contributed by atoms with Crippen molar-refractivity contribution in [2.24, 2.45) is 5.92 Å². The van der Waals surface area contributed by atoms with Crippen LogP contribution in [0.3, 0.4) is 0 Å². The monoisotopic (exact) mass is 213 g/mol. The molecule has 0 aliphatic heterocycles. The SMILES string of the molecule is CCNC(CCOC(C)C)C1CCCC1. The van der Waals surface area contributed by atoms with Crippen LogP contribution in [0.5, 0.6) is 0 Å². The zero-order valence-electron chi connectivity index (χ0n) is 10.6. The highest BCUT2D eigenvalue weighted by atomic mass is 16.5. The molecule has 0 heterocycles. The number of ether oxygens (including phenoxy) is 1. The molecular weight excluding hydrogens is 186 g/mol. The Morgan fingerprint density at radius 3 is 2.47 bits per heavy atom. The van der Waals surface area contributed by atoms with E-state index < -0.39 is 0 Å². The fourth-order valence-corrected chi connectivity index (χ4v) is 2.56. The Kier molecular flexibility index (Phi) is 6.26. The van der Waals surface area contributed by atoms with Gasteiger partial charge in [0.2, 0.25) is 0 Å². The third-order valence-corrected chi connectivity index (χ3v) is 3.32. The maximum atomic E-state index is 5.64. The van der Waals surface area contributed by atoms with Crippen LogP contribution in [0.15, 0.2) is 0 Å². The van der Waals surface area contributed by atoms with Crippen LogP contribution < -0.4 is 5.32 Å². The van der Waals surface area contributed by atoms with Crippen molar-refractivity contribution in [3.8, 4) is 0 Å². The highest BCUT2D eigenvalue weighted by Gasteiger charge is 2.23. The Morgan fingerprint density at radius 2 is 1.93 bits per heavy atom. The summed E-state index contributed by atoms with van der Waals surface area (Å²) in [5.74, 6) is 0.903. The first-order valence-electron chi connectivity index (χ1n) is 6.59. The van der Waals surface area contributed by atoms with Crippen LogP contribution in [-0.2, 0) is 4.74 Å². The van der Waals surface area contributed by atoms with E-state index in [1.807, 2.05) is 0 Å². The lowest BCUT2D eigenvalue weighted by atomic mass is 9.95. The quantitative estimate of drug-likeness (QED) is 0.702. The largest absolute Gasteiger partial charge is 0.379 e. The van der Waals surface area contributed by atoms with Crippen LogP contribution in [0, 0.1) is 5.92 Å². The Hall–Kier alpha value is -0.0800. The lowest BCUT2D eigenvalue weighted by molar-refractivity contribution is 0.0674. The van der Waals surface area contributed by atoms with Crippen molar-refractivity contribution in [1.29, 1.82) is 0 Å². The number of nitrogens with one attached hydrogen (secondary N) is 1. The topological polar surface area (TPSA) is 21.3 Å². The van der Waals surface area contributed by atoms with E-state index in [-0.39, 0.29) is 0 Å². The lowest BCUT2D eigenvalue weighted by Crippen LogP contribution is -2.36. The first-order valence-corrected chi connectivity index (χ1v) is 6.59. The van der Waals surface area contributed by atoms with Crippen molar-refractivity contribution in [3.63, 3.8) is 0 Å². The lowest BCUT2D eigenvalue weighted by Gasteiger charge is -2.24. The minimum atomic E-state index is 0.371. The van der Waals surface area contributed by atoms with Gasteiger partial charge < -0.3 is 10.1 Å². The van der Waals surface area contributed by atoms with Gasteiger partial charge in [-0.1, -0.05) is 19.8 Å². The number of hydrogen-bond donors (Lipinski definition) is 1. The van der Waals surface area contributed by atoms with Gasteiger partial charge >= 0.3 is 0 Å². The molecule has 0 radical (unpaired) electrons. The minimum absolute atomic E-state index is 0.371. The molecule has 0 saturated heterocycles. The summed E-state index contributed by atoms with van der Waals surface area (Å²) in [5.41, 5.74) is 0. The Balaban J connectivity index is 2.23. The first-order chi connectivity index (χ1) is 7.24. The summed E-state index contributed by atoms with van der Waals surface area (Å²) in [5, 5.41) is 3.62. The summed E-state index contributed by atoms with van der Waals surface area (Å²) in [6.45, 7) is 8.41. The summed E-state index contributed by atoms with van der Waals surface area (Å²) in [6, 6.07) is 0.691. The second-order valence-corrected chi connectivity index (χ2v) is 4.92. The van der Waals surface area contributed by atoms with E-state index >= 15 is 0 Å². The van der Waals surface area contributed by atoms with Crippen molar-refractivity contribution in [3.05, 3.63) is 0 Å². The van der Waals surface area contributed by atoms with Crippen LogP contribution >= 0.6 is 0 Å². The second kappa shape index (κ2) is 7.24. The molecule has 1 N–H and O–H groups in total. The minimum Gasteiger partial charge on any atom is -0.379 e. The third kappa shape index (κ3) is 4.98. The van der Waals surface area contributed by atoms with E-state index in [4.69, 9.17) is 4.74 Å². The average molecular weight is 213 g/mol. The number of hydrogen-bond acceptors (Lipinski definition) is 2. The van der Waals surface area contributed by atoms with Crippen LogP contribution in [0.4, 0.5) is 0 Å². The van der Waals surface area contributed by atoms with Gasteiger partial charge in [-0.3, -0.25) is 0 Å². The van der Waals surface area contributed by atoms with E-state index in [0.717, 1.165) is 19.1 Å². The Labute approximate surface area is 94.8 Å². The molecule has 1 fully saturated rings. The highest BCUT2D eigenvalue weighted by molar-refractivity contribution is 4.80. The van der Waals surface area contributed by atoms with Crippen LogP contribution in [0.25, 0.3) is 0 Å². The van der Waals surface area contributed by atoms with Gasteiger partial charge in [-0.25, -0.2) is 0 Å². The standard InChI is InChI=1S/C13H27NO/c1-4-14-13(9-10-15-11(2)3)12-7-5-6-8-12/h11-14H,4-10H2,1-3H3. The molecule has 0 bridgehead atoms. The van der Waals surface area contributed by atoms with E-state index in [0.29, 0.717) is 12.1 Å². The summed E-state index contributed by atoms with van der Waals surface area (Å²) >= 11 is 0. The average Bonchev–Trinajstić information content (AvgIpc) is 2.68. The molecule has 2 heteroatoms. The fourth-order valence-electron chi connectivity index (χ4n) is 2.56. The van der Waals surface area contributed by atoms with Gasteiger partial charge in [-0.05, 0) is 45.6 Å². The molecular formula is C13H27NO. The third-order valence-electron chi connectivity index (χ3n) is 3.32. The van der Waals surface area contributed by atoms with Crippen molar-refractivity contribution < 1.29 is 4.74 Å². The molecule has 0 aromatic heterocycles. The first kappa shape index (κ1) is 13.0. The van der Waals surface area contributed by atoms with Crippen molar-refractivity contribution in [2.45, 2.75) is 65.0 Å².